The Balaban J connectivity index is 1.75. The number of thiol groups is 1. The molecule has 0 saturated carbocycles. The molecule has 1 unspecified atom stereocenters. The van der Waals surface area contributed by atoms with Crippen LogP contribution in [0.1, 0.15) is 25.3 Å². The topological polar surface area (TPSA) is 60.0 Å². The molecule has 0 fully saturated rings. The van der Waals surface area contributed by atoms with Crippen LogP contribution in [0.25, 0.3) is 22.6 Å². The highest BCUT2D eigenvalue weighted by Gasteiger charge is 2.21. The molecule has 0 bridgehead atoms. The minimum atomic E-state index is -0.118. The van der Waals surface area contributed by atoms with E-state index < -0.39 is 0 Å². The monoisotopic (exact) mass is 341 g/mol. The van der Waals surface area contributed by atoms with Gasteiger partial charge in [-0.25, -0.2) is 9.97 Å². The van der Waals surface area contributed by atoms with E-state index in [1.807, 2.05) is 24.3 Å². The van der Waals surface area contributed by atoms with Crippen molar-refractivity contribution in [3.05, 3.63) is 36.0 Å². The molecule has 0 amide bonds. The van der Waals surface area contributed by atoms with Crippen LogP contribution in [0.4, 0.5) is 0 Å². The van der Waals surface area contributed by atoms with Gasteiger partial charge < -0.3 is 14.5 Å². The Kier molecular flexibility index (Phi) is 4.06. The Bertz CT molecular complexity index is 845. The number of nitrogens with zero attached hydrogens (tertiary/aromatic N) is 2. The summed E-state index contributed by atoms with van der Waals surface area (Å²) in [5.74, 6) is 2.47. The van der Waals surface area contributed by atoms with Crippen LogP contribution in [0.5, 0.6) is 11.5 Å². The molecule has 0 saturated heterocycles. The van der Waals surface area contributed by atoms with Gasteiger partial charge in [-0.1, -0.05) is 13.3 Å². The van der Waals surface area contributed by atoms with E-state index in [2.05, 4.69) is 34.5 Å². The Morgan fingerprint density at radius 3 is 3.17 bits per heavy atom. The molecule has 0 radical (unpaired) electrons. The minimum absolute atomic E-state index is 0.118. The van der Waals surface area contributed by atoms with Crippen molar-refractivity contribution in [3.63, 3.8) is 0 Å². The van der Waals surface area contributed by atoms with E-state index in [0.717, 1.165) is 53.2 Å². The number of aromatic nitrogens is 3. The lowest BCUT2D eigenvalue weighted by molar-refractivity contribution is 0.276. The van der Waals surface area contributed by atoms with E-state index in [-0.39, 0.29) is 5.44 Å². The van der Waals surface area contributed by atoms with Crippen molar-refractivity contribution in [3.8, 4) is 22.9 Å². The molecule has 4 rings (SSSR count). The fraction of sp³-hybridized carbons (Fsp3) is 0.333. The molecule has 2 aromatic heterocycles. The first-order valence-corrected chi connectivity index (χ1v) is 8.72. The van der Waals surface area contributed by atoms with Crippen molar-refractivity contribution in [1.29, 1.82) is 0 Å². The smallest absolute Gasteiger partial charge is 0.178 e. The number of imidazole rings is 1. The van der Waals surface area contributed by atoms with Crippen LogP contribution < -0.4 is 9.47 Å². The zero-order valence-corrected chi connectivity index (χ0v) is 14.3. The van der Waals surface area contributed by atoms with E-state index in [0.29, 0.717) is 12.3 Å². The summed E-state index contributed by atoms with van der Waals surface area (Å²) >= 11 is 4.53. The molecular weight excluding hydrogens is 322 g/mol. The van der Waals surface area contributed by atoms with Crippen molar-refractivity contribution in [2.45, 2.75) is 31.6 Å². The first-order chi connectivity index (χ1) is 11.7. The Morgan fingerprint density at radius 1 is 1.42 bits per heavy atom. The normalized spacial score (nSPS) is 14.4. The summed E-state index contributed by atoms with van der Waals surface area (Å²) in [7, 11) is 0. The number of H-pyrrole nitrogens is 1. The van der Waals surface area contributed by atoms with Crippen LogP contribution in [0, 0.1) is 0 Å². The first kappa shape index (κ1) is 15.3. The number of hydrogen-bond donors (Lipinski definition) is 2. The molecule has 6 heteroatoms. The number of benzene rings is 1. The first-order valence-electron chi connectivity index (χ1n) is 8.20. The SMILES string of the molecule is CCCC(S)Oc1cc(-c2nc3ncccc3[nH]2)cc2c1CCO2. The molecule has 3 heterocycles. The highest BCUT2D eigenvalue weighted by molar-refractivity contribution is 7.80. The Morgan fingerprint density at radius 2 is 2.33 bits per heavy atom. The summed E-state index contributed by atoms with van der Waals surface area (Å²) in [6.07, 6.45) is 4.53. The van der Waals surface area contributed by atoms with Crippen molar-refractivity contribution in [2.75, 3.05) is 6.61 Å². The van der Waals surface area contributed by atoms with Gasteiger partial charge in [0.05, 0.1) is 12.1 Å². The Hall–Kier alpha value is -2.21. The third kappa shape index (κ3) is 2.82. The second kappa shape index (κ2) is 6.36. The minimum Gasteiger partial charge on any atom is -0.493 e. The van der Waals surface area contributed by atoms with E-state index in [1.165, 1.54) is 0 Å². The third-order valence-corrected chi connectivity index (χ3v) is 4.47. The van der Waals surface area contributed by atoms with Crippen LogP contribution in [0.15, 0.2) is 30.5 Å². The maximum atomic E-state index is 6.06. The third-order valence-electron chi connectivity index (χ3n) is 4.11. The summed E-state index contributed by atoms with van der Waals surface area (Å²) in [4.78, 5) is 12.2. The fourth-order valence-corrected chi connectivity index (χ4v) is 3.31. The highest BCUT2D eigenvalue weighted by atomic mass is 32.1. The van der Waals surface area contributed by atoms with Gasteiger partial charge in [0.1, 0.15) is 22.8 Å². The summed E-state index contributed by atoms with van der Waals surface area (Å²) in [5.41, 5.74) is 3.54. The molecule has 0 spiro atoms. The second-order valence-electron chi connectivity index (χ2n) is 5.87. The van der Waals surface area contributed by atoms with Crippen LogP contribution in [-0.4, -0.2) is 27.0 Å². The maximum Gasteiger partial charge on any atom is 0.178 e. The van der Waals surface area contributed by atoms with Gasteiger partial charge in [-0.2, -0.15) is 0 Å². The molecule has 24 heavy (non-hydrogen) atoms. The summed E-state index contributed by atoms with van der Waals surface area (Å²) in [5, 5.41) is 0. The molecule has 3 aromatic rings. The number of hydrogen-bond acceptors (Lipinski definition) is 5. The second-order valence-corrected chi connectivity index (χ2v) is 6.45. The number of ether oxygens (including phenoxy) is 2. The average molecular weight is 341 g/mol. The zero-order valence-electron chi connectivity index (χ0n) is 13.5. The van der Waals surface area contributed by atoms with Gasteiger partial charge in [-0.05, 0) is 30.7 Å². The standard InChI is InChI=1S/C18H19N3O2S/c1-2-4-16(24)23-15-10-11(9-14-12(15)6-8-22-14)17-20-13-5-3-7-19-18(13)21-17/h3,5,7,9-10,16,24H,2,4,6,8H2,1H3,(H,19,20,21). The lowest BCUT2D eigenvalue weighted by atomic mass is 10.1. The number of aromatic amines is 1. The molecule has 1 aliphatic heterocycles. The van der Waals surface area contributed by atoms with Crippen LogP contribution in [-0.2, 0) is 6.42 Å². The maximum absolute atomic E-state index is 6.06. The van der Waals surface area contributed by atoms with Crippen LogP contribution in [0.3, 0.4) is 0 Å². The van der Waals surface area contributed by atoms with Crippen molar-refractivity contribution in [2.24, 2.45) is 0 Å². The average Bonchev–Trinajstić information content (AvgIpc) is 3.21. The van der Waals surface area contributed by atoms with E-state index in [1.54, 1.807) is 6.20 Å². The quantitative estimate of drug-likeness (QED) is 0.544. The molecule has 1 aromatic carbocycles. The molecule has 0 aliphatic carbocycles. The molecule has 5 nitrogen and oxygen atoms in total. The van der Waals surface area contributed by atoms with Gasteiger partial charge in [-0.3, -0.25) is 0 Å². The highest BCUT2D eigenvalue weighted by Crippen LogP contribution is 2.39. The van der Waals surface area contributed by atoms with Crippen molar-refractivity contribution >= 4 is 23.8 Å². The molecule has 124 valence electrons. The predicted molar refractivity (Wildman–Crippen MR) is 96.8 cm³/mol. The summed E-state index contributed by atoms with van der Waals surface area (Å²) < 4.78 is 11.8. The number of nitrogens with one attached hydrogen (secondary N) is 1. The van der Waals surface area contributed by atoms with Crippen LogP contribution >= 0.6 is 12.6 Å². The van der Waals surface area contributed by atoms with Gasteiger partial charge in [0.15, 0.2) is 5.65 Å². The Labute approximate surface area is 145 Å². The van der Waals surface area contributed by atoms with Gasteiger partial charge in [0.25, 0.3) is 0 Å². The van der Waals surface area contributed by atoms with Crippen LogP contribution in [0.2, 0.25) is 0 Å². The van der Waals surface area contributed by atoms with Gasteiger partial charge >= 0.3 is 0 Å². The van der Waals surface area contributed by atoms with E-state index in [9.17, 15) is 0 Å². The summed E-state index contributed by atoms with van der Waals surface area (Å²) in [6, 6.07) is 7.89. The molecule has 1 N–H and O–H groups in total. The van der Waals surface area contributed by atoms with Gasteiger partial charge in [0.2, 0.25) is 0 Å². The number of pyridine rings is 1. The largest absolute Gasteiger partial charge is 0.493 e. The van der Waals surface area contributed by atoms with Crippen molar-refractivity contribution < 1.29 is 9.47 Å². The van der Waals surface area contributed by atoms with Gasteiger partial charge in [-0.15, -0.1) is 12.6 Å². The number of fused-ring (bicyclic) bond motifs is 2. The van der Waals surface area contributed by atoms with E-state index in [4.69, 9.17) is 9.47 Å². The summed E-state index contributed by atoms with van der Waals surface area (Å²) in [6.45, 7) is 2.81. The van der Waals surface area contributed by atoms with Crippen molar-refractivity contribution in [1.82, 2.24) is 15.0 Å². The molecule has 1 atom stereocenters. The molecular formula is C18H19N3O2S. The lowest BCUT2D eigenvalue weighted by Crippen LogP contribution is -2.09. The lowest BCUT2D eigenvalue weighted by Gasteiger charge is -2.16. The number of rotatable bonds is 5. The van der Waals surface area contributed by atoms with E-state index >= 15 is 0 Å². The fourth-order valence-electron chi connectivity index (χ4n) is 2.93. The predicted octanol–water partition coefficient (Wildman–Crippen LogP) is 3.99. The van der Waals surface area contributed by atoms with Gasteiger partial charge in [0, 0.05) is 23.7 Å². The zero-order chi connectivity index (χ0) is 16.5. The molecule has 1 aliphatic rings.